The minimum Gasteiger partial charge on any atom is -0.348 e. The number of halogens is 1. The highest BCUT2D eigenvalue weighted by molar-refractivity contribution is 6.31. The van der Waals surface area contributed by atoms with Gasteiger partial charge in [0.1, 0.15) is 0 Å². The predicted octanol–water partition coefficient (Wildman–Crippen LogP) is 4.24. The van der Waals surface area contributed by atoms with Crippen LogP contribution in [0.5, 0.6) is 0 Å². The molecule has 2 amide bonds. The molecule has 1 heterocycles. The van der Waals surface area contributed by atoms with E-state index in [0.717, 1.165) is 42.9 Å². The van der Waals surface area contributed by atoms with Crippen LogP contribution in [0, 0.1) is 5.92 Å². The average Bonchev–Trinajstić information content (AvgIpc) is 2.74. The fourth-order valence-corrected chi connectivity index (χ4v) is 3.74. The van der Waals surface area contributed by atoms with E-state index in [1.165, 1.54) is 11.6 Å². The van der Waals surface area contributed by atoms with Gasteiger partial charge < -0.3 is 10.2 Å². The molecule has 3 rings (SSSR count). The van der Waals surface area contributed by atoms with Gasteiger partial charge in [-0.1, -0.05) is 48.5 Å². The first-order valence-electron chi connectivity index (χ1n) is 9.58. The largest absolute Gasteiger partial charge is 0.348 e. The quantitative estimate of drug-likeness (QED) is 0.742. The topological polar surface area (TPSA) is 49.4 Å². The Hall–Kier alpha value is -2.59. The van der Waals surface area contributed by atoms with E-state index in [1.807, 2.05) is 47.4 Å². The Morgan fingerprint density at radius 3 is 2.43 bits per heavy atom. The van der Waals surface area contributed by atoms with Crippen molar-refractivity contribution in [2.24, 2.45) is 5.92 Å². The molecule has 0 bridgehead atoms. The number of rotatable bonds is 6. The van der Waals surface area contributed by atoms with Gasteiger partial charge in [0.15, 0.2) is 0 Å². The molecule has 1 N–H and O–H groups in total. The first-order chi connectivity index (χ1) is 13.6. The summed E-state index contributed by atoms with van der Waals surface area (Å²) in [6.07, 6.45) is 4.19. The number of hydrogen-bond acceptors (Lipinski definition) is 2. The zero-order chi connectivity index (χ0) is 19.9. The normalized spacial score (nSPS) is 14.5. The lowest BCUT2D eigenvalue weighted by molar-refractivity contribution is -0.116. The Morgan fingerprint density at radius 2 is 1.79 bits per heavy atom. The van der Waals surface area contributed by atoms with Gasteiger partial charge in [0.2, 0.25) is 5.91 Å². The van der Waals surface area contributed by atoms with Crippen LogP contribution in [-0.4, -0.2) is 29.8 Å². The number of likely N-dealkylation sites (tertiary alicyclic amines) is 1. The van der Waals surface area contributed by atoms with Crippen LogP contribution in [0.4, 0.5) is 0 Å². The summed E-state index contributed by atoms with van der Waals surface area (Å²) in [6.45, 7) is 5.39. The first-order valence-corrected chi connectivity index (χ1v) is 9.96. The van der Waals surface area contributed by atoms with Crippen molar-refractivity contribution >= 4 is 23.4 Å². The lowest BCUT2D eigenvalue weighted by Crippen LogP contribution is -2.38. The summed E-state index contributed by atoms with van der Waals surface area (Å²) in [7, 11) is 0. The summed E-state index contributed by atoms with van der Waals surface area (Å²) >= 11 is 6.27. The summed E-state index contributed by atoms with van der Waals surface area (Å²) in [5.74, 6) is 0.414. The van der Waals surface area contributed by atoms with Gasteiger partial charge in [-0.2, -0.15) is 0 Å². The molecule has 4 nitrogen and oxygen atoms in total. The number of benzene rings is 2. The molecule has 1 saturated heterocycles. The molecule has 28 heavy (non-hydrogen) atoms. The molecule has 0 aromatic heterocycles. The molecule has 1 aliphatic heterocycles. The molecule has 0 saturated carbocycles. The average molecular weight is 397 g/mol. The molecule has 0 atom stereocenters. The fraction of sp³-hybridized carbons (Fsp3) is 0.304. The van der Waals surface area contributed by atoms with E-state index in [0.29, 0.717) is 18.0 Å². The van der Waals surface area contributed by atoms with Gasteiger partial charge in [0, 0.05) is 30.2 Å². The maximum atomic E-state index is 12.8. The number of hydrogen-bond donors (Lipinski definition) is 1. The Bertz CT molecular complexity index is 840. The van der Waals surface area contributed by atoms with Gasteiger partial charge in [0.05, 0.1) is 0 Å². The predicted molar refractivity (Wildman–Crippen MR) is 112 cm³/mol. The molecule has 146 valence electrons. The van der Waals surface area contributed by atoms with Crippen molar-refractivity contribution in [1.29, 1.82) is 0 Å². The second-order valence-electron chi connectivity index (χ2n) is 7.15. The lowest BCUT2D eigenvalue weighted by atomic mass is 9.90. The molecule has 2 aromatic rings. The Kier molecular flexibility index (Phi) is 6.88. The fourth-order valence-electron chi connectivity index (χ4n) is 3.52. The van der Waals surface area contributed by atoms with Crippen LogP contribution in [0.15, 0.2) is 61.2 Å². The molecule has 0 spiro atoms. The van der Waals surface area contributed by atoms with Crippen LogP contribution in [0.1, 0.15) is 34.3 Å². The van der Waals surface area contributed by atoms with E-state index in [-0.39, 0.29) is 11.8 Å². The van der Waals surface area contributed by atoms with Gasteiger partial charge in [-0.3, -0.25) is 9.59 Å². The molecule has 1 aliphatic rings. The third kappa shape index (κ3) is 5.23. The minimum absolute atomic E-state index is 0.0675. The second kappa shape index (κ2) is 9.56. The number of nitrogens with one attached hydrogen (secondary N) is 1. The zero-order valence-electron chi connectivity index (χ0n) is 15.9. The van der Waals surface area contributed by atoms with Gasteiger partial charge >= 0.3 is 0 Å². The number of carbonyl (C=O) groups excluding carboxylic acids is 2. The summed E-state index contributed by atoms with van der Waals surface area (Å²) in [6, 6.07) is 15.4. The van der Waals surface area contributed by atoms with Crippen molar-refractivity contribution in [3.63, 3.8) is 0 Å². The second-order valence-corrected chi connectivity index (χ2v) is 7.56. The Labute approximate surface area is 171 Å². The highest BCUT2D eigenvalue weighted by atomic mass is 35.5. The molecule has 0 aliphatic carbocycles. The van der Waals surface area contributed by atoms with Crippen molar-refractivity contribution in [3.05, 3.63) is 82.9 Å². The highest BCUT2D eigenvalue weighted by Crippen LogP contribution is 2.26. The van der Waals surface area contributed by atoms with E-state index in [1.54, 1.807) is 0 Å². The highest BCUT2D eigenvalue weighted by Gasteiger charge is 2.24. The molecule has 5 heteroatoms. The van der Waals surface area contributed by atoms with Gasteiger partial charge in [-0.05, 0) is 60.6 Å². The van der Waals surface area contributed by atoms with Gasteiger partial charge in [0.25, 0.3) is 5.91 Å². The minimum atomic E-state index is -0.209. The number of carbonyl (C=O) groups is 2. The monoisotopic (exact) mass is 396 g/mol. The number of piperidine rings is 1. The van der Waals surface area contributed by atoms with Crippen molar-refractivity contribution in [2.45, 2.75) is 25.8 Å². The molecule has 2 aromatic carbocycles. The van der Waals surface area contributed by atoms with Gasteiger partial charge in [-0.15, -0.1) is 0 Å². The van der Waals surface area contributed by atoms with Crippen molar-refractivity contribution < 1.29 is 9.59 Å². The molecule has 1 fully saturated rings. The molecule has 0 unspecified atom stereocenters. The van der Waals surface area contributed by atoms with Crippen LogP contribution < -0.4 is 5.32 Å². The van der Waals surface area contributed by atoms with Crippen LogP contribution in [0.25, 0.3) is 0 Å². The standard InChI is InChI=1S/C23H25ClN2O2/c1-2-22(27)25-16-18-7-9-19(10-8-18)23(28)26-13-11-17(12-14-26)15-20-5-3-4-6-21(20)24/h2-10,17H,1,11-16H2,(H,25,27). The third-order valence-corrected chi connectivity index (χ3v) is 5.59. The smallest absolute Gasteiger partial charge is 0.253 e. The summed E-state index contributed by atoms with van der Waals surface area (Å²) in [5, 5.41) is 3.55. The van der Waals surface area contributed by atoms with E-state index in [4.69, 9.17) is 11.6 Å². The van der Waals surface area contributed by atoms with E-state index < -0.39 is 0 Å². The number of nitrogens with zero attached hydrogens (tertiary/aromatic N) is 1. The maximum absolute atomic E-state index is 12.8. The Balaban J connectivity index is 1.51. The molecular formula is C23H25ClN2O2. The molecule has 0 radical (unpaired) electrons. The van der Waals surface area contributed by atoms with E-state index >= 15 is 0 Å². The zero-order valence-corrected chi connectivity index (χ0v) is 16.6. The van der Waals surface area contributed by atoms with Crippen molar-refractivity contribution in [2.75, 3.05) is 13.1 Å². The molecular weight excluding hydrogens is 372 g/mol. The van der Waals surface area contributed by atoms with Crippen LogP contribution in [-0.2, 0) is 17.8 Å². The van der Waals surface area contributed by atoms with Crippen molar-refractivity contribution in [3.8, 4) is 0 Å². The summed E-state index contributed by atoms with van der Waals surface area (Å²) in [4.78, 5) is 25.9. The maximum Gasteiger partial charge on any atom is 0.253 e. The van der Waals surface area contributed by atoms with Crippen LogP contribution in [0.3, 0.4) is 0 Å². The third-order valence-electron chi connectivity index (χ3n) is 5.22. The number of amides is 2. The summed E-state index contributed by atoms with van der Waals surface area (Å²) in [5.41, 5.74) is 2.82. The first kappa shape index (κ1) is 20.2. The SMILES string of the molecule is C=CC(=O)NCc1ccc(C(=O)N2CCC(Cc3ccccc3Cl)CC2)cc1. The van der Waals surface area contributed by atoms with Gasteiger partial charge in [-0.25, -0.2) is 0 Å². The van der Waals surface area contributed by atoms with Crippen LogP contribution >= 0.6 is 11.6 Å². The van der Waals surface area contributed by atoms with E-state index in [2.05, 4.69) is 18.0 Å². The van der Waals surface area contributed by atoms with E-state index in [9.17, 15) is 9.59 Å². The lowest BCUT2D eigenvalue weighted by Gasteiger charge is -2.32. The van der Waals surface area contributed by atoms with Crippen molar-refractivity contribution in [1.82, 2.24) is 10.2 Å². The summed E-state index contributed by atoms with van der Waals surface area (Å²) < 4.78 is 0. The van der Waals surface area contributed by atoms with Crippen LogP contribution in [0.2, 0.25) is 5.02 Å². The Morgan fingerprint density at radius 1 is 1.11 bits per heavy atom.